The normalized spacial score (nSPS) is 10.3. The van der Waals surface area contributed by atoms with Crippen LogP contribution in [0.4, 0.5) is 15.8 Å². The molecule has 19 heavy (non-hydrogen) atoms. The first-order chi connectivity index (χ1) is 8.95. The lowest BCUT2D eigenvalue weighted by Gasteiger charge is -2.08. The summed E-state index contributed by atoms with van der Waals surface area (Å²) in [7, 11) is 0. The van der Waals surface area contributed by atoms with Crippen LogP contribution in [-0.4, -0.2) is 5.91 Å². The van der Waals surface area contributed by atoms with E-state index >= 15 is 0 Å². The second-order valence-electron chi connectivity index (χ2n) is 3.85. The number of carbonyl (C=O) groups excluding carboxylic acids is 1. The number of hydrogen-bond donors (Lipinski definition) is 2. The van der Waals surface area contributed by atoms with E-state index in [-0.39, 0.29) is 5.69 Å². The second-order valence-corrected chi connectivity index (χ2v) is 5.68. The van der Waals surface area contributed by atoms with Crippen LogP contribution in [0.1, 0.15) is 10.4 Å². The molecule has 0 aromatic heterocycles. The summed E-state index contributed by atoms with van der Waals surface area (Å²) in [4.78, 5) is 12.0. The molecule has 0 atom stereocenters. The molecule has 0 spiro atoms. The van der Waals surface area contributed by atoms with Crippen molar-refractivity contribution in [3.8, 4) is 0 Å². The molecule has 1 amide bonds. The average molecular weight is 388 g/mol. The van der Waals surface area contributed by atoms with Gasteiger partial charge in [0, 0.05) is 20.2 Å². The van der Waals surface area contributed by atoms with E-state index in [9.17, 15) is 9.18 Å². The quantitative estimate of drug-likeness (QED) is 0.759. The highest BCUT2D eigenvalue weighted by atomic mass is 79.9. The van der Waals surface area contributed by atoms with Gasteiger partial charge in [-0.15, -0.1) is 0 Å². The summed E-state index contributed by atoms with van der Waals surface area (Å²) in [6, 6.07) is 9.11. The van der Waals surface area contributed by atoms with Gasteiger partial charge in [0.2, 0.25) is 0 Å². The molecule has 6 heteroatoms. The maximum absolute atomic E-state index is 13.5. The minimum absolute atomic E-state index is 0.0566. The fourth-order valence-electron chi connectivity index (χ4n) is 1.52. The Labute approximate surface area is 126 Å². The Morgan fingerprint density at radius 2 is 1.74 bits per heavy atom. The predicted molar refractivity (Wildman–Crippen MR) is 80.6 cm³/mol. The number of anilines is 2. The first-order valence-corrected chi connectivity index (χ1v) is 6.87. The van der Waals surface area contributed by atoms with Crippen LogP contribution < -0.4 is 11.1 Å². The van der Waals surface area contributed by atoms with Crippen molar-refractivity contribution in [3.63, 3.8) is 0 Å². The van der Waals surface area contributed by atoms with E-state index in [0.29, 0.717) is 11.3 Å². The van der Waals surface area contributed by atoms with E-state index in [4.69, 9.17) is 5.73 Å². The number of nitrogens with one attached hydrogen (secondary N) is 1. The van der Waals surface area contributed by atoms with Crippen LogP contribution in [0.3, 0.4) is 0 Å². The first kappa shape index (κ1) is 14.0. The first-order valence-electron chi connectivity index (χ1n) is 5.28. The van der Waals surface area contributed by atoms with Crippen molar-refractivity contribution >= 4 is 49.1 Å². The molecule has 0 aliphatic rings. The summed E-state index contributed by atoms with van der Waals surface area (Å²) in [5.41, 5.74) is 6.40. The zero-order valence-corrected chi connectivity index (χ0v) is 12.8. The molecule has 98 valence electrons. The summed E-state index contributed by atoms with van der Waals surface area (Å²) >= 11 is 6.58. The highest BCUT2D eigenvalue weighted by Gasteiger charge is 2.11. The van der Waals surface area contributed by atoms with E-state index < -0.39 is 11.7 Å². The number of amides is 1. The number of carbonyl (C=O) groups is 1. The van der Waals surface area contributed by atoms with Crippen LogP contribution in [-0.2, 0) is 0 Å². The minimum atomic E-state index is -0.531. The number of rotatable bonds is 2. The molecule has 2 aromatic rings. The van der Waals surface area contributed by atoms with Gasteiger partial charge in [0.25, 0.3) is 5.91 Å². The largest absolute Gasteiger partial charge is 0.399 e. The highest BCUT2D eigenvalue weighted by molar-refractivity contribution is 9.11. The van der Waals surface area contributed by atoms with Crippen LogP contribution >= 0.6 is 31.9 Å². The summed E-state index contributed by atoms with van der Waals surface area (Å²) in [6.07, 6.45) is 0. The molecule has 0 heterocycles. The molecule has 0 aliphatic carbocycles. The third kappa shape index (κ3) is 3.54. The Morgan fingerprint density at radius 1 is 1.11 bits per heavy atom. The van der Waals surface area contributed by atoms with Crippen LogP contribution in [0.2, 0.25) is 0 Å². The molecule has 0 saturated heterocycles. The van der Waals surface area contributed by atoms with Crippen molar-refractivity contribution < 1.29 is 9.18 Å². The maximum atomic E-state index is 13.5. The predicted octanol–water partition coefficient (Wildman–Crippen LogP) is 4.19. The molecule has 2 rings (SSSR count). The number of hydrogen-bond acceptors (Lipinski definition) is 2. The summed E-state index contributed by atoms with van der Waals surface area (Å²) in [5.74, 6) is -0.942. The Morgan fingerprint density at radius 3 is 2.37 bits per heavy atom. The van der Waals surface area contributed by atoms with Gasteiger partial charge in [-0.05, 0) is 36.4 Å². The lowest BCUT2D eigenvalue weighted by atomic mass is 10.2. The van der Waals surface area contributed by atoms with Gasteiger partial charge in [-0.25, -0.2) is 4.39 Å². The van der Waals surface area contributed by atoms with Crippen molar-refractivity contribution in [2.75, 3.05) is 11.1 Å². The van der Waals surface area contributed by atoms with Gasteiger partial charge >= 0.3 is 0 Å². The smallest absolute Gasteiger partial charge is 0.255 e. The van der Waals surface area contributed by atoms with Crippen molar-refractivity contribution in [3.05, 3.63) is 56.7 Å². The molecule has 0 radical (unpaired) electrons. The molecule has 3 N–H and O–H groups in total. The summed E-state index contributed by atoms with van der Waals surface area (Å²) in [6.45, 7) is 0. The average Bonchev–Trinajstić information content (AvgIpc) is 2.32. The van der Waals surface area contributed by atoms with Gasteiger partial charge in [-0.1, -0.05) is 31.9 Å². The Bertz CT molecular complexity index is 626. The van der Waals surface area contributed by atoms with Crippen molar-refractivity contribution in [2.45, 2.75) is 0 Å². The summed E-state index contributed by atoms with van der Waals surface area (Å²) in [5, 5.41) is 2.49. The van der Waals surface area contributed by atoms with Crippen molar-refractivity contribution in [2.24, 2.45) is 0 Å². The topological polar surface area (TPSA) is 55.1 Å². The zero-order chi connectivity index (χ0) is 14.0. The van der Waals surface area contributed by atoms with Crippen molar-refractivity contribution in [1.82, 2.24) is 0 Å². The Balaban J connectivity index is 2.28. The maximum Gasteiger partial charge on any atom is 0.255 e. The second kappa shape index (κ2) is 5.71. The molecule has 0 bridgehead atoms. The Hall–Kier alpha value is -1.40. The molecular weight excluding hydrogens is 379 g/mol. The number of halogens is 3. The molecule has 0 unspecified atom stereocenters. The van der Waals surface area contributed by atoms with Gasteiger partial charge in [0.1, 0.15) is 5.82 Å². The standard InChI is InChI=1S/C13H9Br2FN2O/c14-8-3-7(4-9(15)5-8)13(19)18-12-6-10(17)1-2-11(12)16/h1-6H,17H2,(H,18,19). The van der Waals surface area contributed by atoms with Gasteiger partial charge < -0.3 is 11.1 Å². The van der Waals surface area contributed by atoms with E-state index in [0.717, 1.165) is 8.95 Å². The monoisotopic (exact) mass is 386 g/mol. The van der Waals surface area contributed by atoms with Crippen LogP contribution in [0.25, 0.3) is 0 Å². The molecule has 0 saturated carbocycles. The van der Waals surface area contributed by atoms with Gasteiger partial charge in [0.15, 0.2) is 0 Å². The third-order valence-corrected chi connectivity index (χ3v) is 3.28. The molecule has 0 aliphatic heterocycles. The van der Waals surface area contributed by atoms with Crippen molar-refractivity contribution in [1.29, 1.82) is 0 Å². The van der Waals surface area contributed by atoms with Gasteiger partial charge in [-0.3, -0.25) is 4.79 Å². The van der Waals surface area contributed by atoms with E-state index in [1.54, 1.807) is 18.2 Å². The van der Waals surface area contributed by atoms with Gasteiger partial charge in [-0.2, -0.15) is 0 Å². The fraction of sp³-hybridized carbons (Fsp3) is 0. The van der Waals surface area contributed by atoms with E-state index in [1.807, 2.05) is 0 Å². The SMILES string of the molecule is Nc1ccc(F)c(NC(=O)c2cc(Br)cc(Br)c2)c1. The van der Waals surface area contributed by atoms with Crippen LogP contribution in [0.15, 0.2) is 45.3 Å². The Kier molecular flexibility index (Phi) is 4.21. The van der Waals surface area contributed by atoms with E-state index in [1.165, 1.54) is 18.2 Å². The fourth-order valence-corrected chi connectivity index (χ4v) is 2.81. The van der Waals surface area contributed by atoms with Gasteiger partial charge in [0.05, 0.1) is 5.69 Å². The lowest BCUT2D eigenvalue weighted by Crippen LogP contribution is -2.13. The van der Waals surface area contributed by atoms with Crippen LogP contribution in [0, 0.1) is 5.82 Å². The summed E-state index contributed by atoms with van der Waals surface area (Å²) < 4.78 is 15.0. The molecular formula is C13H9Br2FN2O. The highest BCUT2D eigenvalue weighted by Crippen LogP contribution is 2.22. The minimum Gasteiger partial charge on any atom is -0.399 e. The van der Waals surface area contributed by atoms with E-state index in [2.05, 4.69) is 37.2 Å². The molecule has 0 fully saturated rings. The molecule has 2 aromatic carbocycles. The lowest BCUT2D eigenvalue weighted by molar-refractivity contribution is 0.102. The molecule has 3 nitrogen and oxygen atoms in total. The number of nitrogens with two attached hydrogens (primary N) is 1. The third-order valence-electron chi connectivity index (χ3n) is 2.36. The zero-order valence-electron chi connectivity index (χ0n) is 9.58. The van der Waals surface area contributed by atoms with Crippen LogP contribution in [0.5, 0.6) is 0 Å². The number of nitrogen functional groups attached to an aromatic ring is 1. The number of benzene rings is 2.